The molecule has 0 radical (unpaired) electrons. The Labute approximate surface area is 118 Å². The van der Waals surface area contributed by atoms with Gasteiger partial charge in [0.1, 0.15) is 5.52 Å². The molecule has 2 aromatic heterocycles. The fourth-order valence-corrected chi connectivity index (χ4v) is 3.09. The van der Waals surface area contributed by atoms with Crippen molar-refractivity contribution >= 4 is 10.9 Å². The minimum atomic E-state index is -0.206. The molecule has 0 saturated heterocycles. The SMILES string of the molecule is Cc1nn(C2CCCC2)c(=O)c2c1cnn2C(C)(C)C. The largest absolute Gasteiger partial charge is 0.293 e. The molecule has 1 aliphatic carbocycles. The van der Waals surface area contributed by atoms with E-state index in [1.54, 1.807) is 10.9 Å². The van der Waals surface area contributed by atoms with Gasteiger partial charge in [0.25, 0.3) is 5.56 Å². The summed E-state index contributed by atoms with van der Waals surface area (Å²) in [6.45, 7) is 8.15. The monoisotopic (exact) mass is 274 g/mol. The second-order valence-corrected chi connectivity index (χ2v) is 6.76. The summed E-state index contributed by atoms with van der Waals surface area (Å²) in [7, 11) is 0. The second-order valence-electron chi connectivity index (χ2n) is 6.76. The zero-order chi connectivity index (χ0) is 14.5. The predicted molar refractivity (Wildman–Crippen MR) is 79.0 cm³/mol. The van der Waals surface area contributed by atoms with E-state index in [4.69, 9.17) is 0 Å². The second kappa shape index (κ2) is 4.43. The van der Waals surface area contributed by atoms with Gasteiger partial charge in [-0.05, 0) is 40.5 Å². The highest BCUT2D eigenvalue weighted by atomic mass is 16.1. The van der Waals surface area contributed by atoms with Crippen LogP contribution in [0.3, 0.4) is 0 Å². The normalized spacial score (nSPS) is 17.2. The Kier molecular flexibility index (Phi) is 2.96. The van der Waals surface area contributed by atoms with Crippen molar-refractivity contribution in [2.75, 3.05) is 0 Å². The van der Waals surface area contributed by atoms with E-state index < -0.39 is 0 Å². The van der Waals surface area contributed by atoms with E-state index in [1.165, 1.54) is 12.8 Å². The number of hydrogen-bond acceptors (Lipinski definition) is 3. The van der Waals surface area contributed by atoms with Gasteiger partial charge in [-0.3, -0.25) is 9.48 Å². The van der Waals surface area contributed by atoms with Gasteiger partial charge in [0, 0.05) is 5.39 Å². The number of aryl methyl sites for hydroxylation is 1. The fraction of sp³-hybridized carbons (Fsp3) is 0.667. The minimum absolute atomic E-state index is 0.00456. The van der Waals surface area contributed by atoms with Gasteiger partial charge in [-0.25, -0.2) is 4.68 Å². The van der Waals surface area contributed by atoms with Crippen molar-refractivity contribution in [1.29, 1.82) is 0 Å². The molecule has 0 aliphatic heterocycles. The van der Waals surface area contributed by atoms with Crippen molar-refractivity contribution in [2.24, 2.45) is 0 Å². The summed E-state index contributed by atoms with van der Waals surface area (Å²) in [6, 6.07) is 0.258. The van der Waals surface area contributed by atoms with Gasteiger partial charge in [0.05, 0.1) is 23.5 Å². The summed E-state index contributed by atoms with van der Waals surface area (Å²) in [5, 5.41) is 9.82. The van der Waals surface area contributed by atoms with E-state index in [9.17, 15) is 4.79 Å². The van der Waals surface area contributed by atoms with Gasteiger partial charge in [0.2, 0.25) is 0 Å². The van der Waals surface area contributed by atoms with E-state index >= 15 is 0 Å². The number of hydrogen-bond donors (Lipinski definition) is 0. The molecular weight excluding hydrogens is 252 g/mol. The molecule has 108 valence electrons. The number of aromatic nitrogens is 4. The maximum atomic E-state index is 12.8. The van der Waals surface area contributed by atoms with Crippen LogP contribution in [0.4, 0.5) is 0 Å². The Morgan fingerprint density at radius 1 is 1.25 bits per heavy atom. The third-order valence-electron chi connectivity index (χ3n) is 4.13. The number of rotatable bonds is 1. The van der Waals surface area contributed by atoms with Crippen LogP contribution in [0.15, 0.2) is 11.0 Å². The maximum Gasteiger partial charge on any atom is 0.293 e. The van der Waals surface area contributed by atoms with Gasteiger partial charge >= 0.3 is 0 Å². The van der Waals surface area contributed by atoms with Crippen molar-refractivity contribution in [1.82, 2.24) is 19.6 Å². The van der Waals surface area contributed by atoms with Crippen LogP contribution in [0.25, 0.3) is 10.9 Å². The third kappa shape index (κ3) is 1.96. The van der Waals surface area contributed by atoms with Crippen LogP contribution in [0, 0.1) is 6.92 Å². The number of nitrogens with zero attached hydrogens (tertiary/aromatic N) is 4. The van der Waals surface area contributed by atoms with Gasteiger partial charge in [-0.2, -0.15) is 10.2 Å². The molecule has 0 aromatic carbocycles. The highest BCUT2D eigenvalue weighted by Gasteiger charge is 2.25. The Bertz CT molecular complexity index is 699. The lowest BCUT2D eigenvalue weighted by molar-refractivity contribution is 0.364. The molecule has 5 heteroatoms. The molecule has 1 fully saturated rings. The topological polar surface area (TPSA) is 52.7 Å². The number of fused-ring (bicyclic) bond motifs is 1. The molecule has 0 N–H and O–H groups in total. The molecule has 0 unspecified atom stereocenters. The summed E-state index contributed by atoms with van der Waals surface area (Å²) in [4.78, 5) is 12.8. The highest BCUT2D eigenvalue weighted by Crippen LogP contribution is 2.29. The smallest absolute Gasteiger partial charge is 0.265 e. The molecule has 2 heterocycles. The summed E-state index contributed by atoms with van der Waals surface area (Å²) < 4.78 is 3.54. The zero-order valence-corrected chi connectivity index (χ0v) is 12.7. The van der Waals surface area contributed by atoms with Crippen LogP contribution in [0.5, 0.6) is 0 Å². The quantitative estimate of drug-likeness (QED) is 0.803. The first-order chi connectivity index (χ1) is 9.39. The minimum Gasteiger partial charge on any atom is -0.265 e. The molecule has 5 nitrogen and oxygen atoms in total. The Balaban J connectivity index is 2.29. The van der Waals surface area contributed by atoms with Crippen LogP contribution >= 0.6 is 0 Å². The lowest BCUT2D eigenvalue weighted by Gasteiger charge is -2.21. The summed E-state index contributed by atoms with van der Waals surface area (Å²) >= 11 is 0. The lowest BCUT2D eigenvalue weighted by Crippen LogP contribution is -2.32. The predicted octanol–water partition coefficient (Wildman–Crippen LogP) is 2.77. The van der Waals surface area contributed by atoms with Gasteiger partial charge in [-0.15, -0.1) is 0 Å². The first-order valence-corrected chi connectivity index (χ1v) is 7.37. The standard InChI is InChI=1S/C15H22N4O/c1-10-12-9-16-19(15(2,3)4)13(12)14(20)18(17-10)11-7-5-6-8-11/h9,11H,5-8H2,1-4H3. The molecule has 1 aliphatic rings. The van der Waals surface area contributed by atoms with E-state index in [0.717, 1.165) is 23.9 Å². The van der Waals surface area contributed by atoms with Crippen molar-refractivity contribution in [3.8, 4) is 0 Å². The van der Waals surface area contributed by atoms with Crippen molar-refractivity contribution in [3.63, 3.8) is 0 Å². The summed E-state index contributed by atoms with van der Waals surface area (Å²) in [5.74, 6) is 0. The Morgan fingerprint density at radius 3 is 2.50 bits per heavy atom. The van der Waals surface area contributed by atoms with Crippen molar-refractivity contribution in [2.45, 2.75) is 65.0 Å². The van der Waals surface area contributed by atoms with Crippen LogP contribution in [-0.4, -0.2) is 19.6 Å². The van der Waals surface area contributed by atoms with E-state index in [0.29, 0.717) is 5.52 Å². The van der Waals surface area contributed by atoms with Crippen LogP contribution in [0.1, 0.15) is 58.2 Å². The van der Waals surface area contributed by atoms with Gasteiger partial charge in [0.15, 0.2) is 0 Å². The molecule has 0 spiro atoms. The third-order valence-corrected chi connectivity index (χ3v) is 4.13. The van der Waals surface area contributed by atoms with Gasteiger partial charge in [-0.1, -0.05) is 12.8 Å². The zero-order valence-electron chi connectivity index (χ0n) is 12.7. The average Bonchev–Trinajstić information content (AvgIpc) is 3.00. The van der Waals surface area contributed by atoms with Crippen LogP contribution in [-0.2, 0) is 5.54 Å². The van der Waals surface area contributed by atoms with E-state index in [-0.39, 0.29) is 17.1 Å². The molecule has 2 aromatic rings. The molecule has 20 heavy (non-hydrogen) atoms. The van der Waals surface area contributed by atoms with Gasteiger partial charge < -0.3 is 0 Å². The Morgan fingerprint density at radius 2 is 1.90 bits per heavy atom. The van der Waals surface area contributed by atoms with Crippen LogP contribution < -0.4 is 5.56 Å². The van der Waals surface area contributed by atoms with Crippen molar-refractivity contribution < 1.29 is 0 Å². The molecule has 0 atom stereocenters. The van der Waals surface area contributed by atoms with Crippen molar-refractivity contribution in [3.05, 3.63) is 22.2 Å². The Hall–Kier alpha value is -1.65. The maximum absolute atomic E-state index is 12.8. The molecule has 3 rings (SSSR count). The molecule has 0 bridgehead atoms. The lowest BCUT2D eigenvalue weighted by atomic mass is 10.1. The first-order valence-electron chi connectivity index (χ1n) is 7.37. The summed E-state index contributed by atoms with van der Waals surface area (Å²) in [6.07, 6.45) is 6.26. The molecular formula is C15H22N4O. The van der Waals surface area contributed by atoms with E-state index in [1.807, 2.05) is 11.6 Å². The van der Waals surface area contributed by atoms with E-state index in [2.05, 4.69) is 31.0 Å². The fourth-order valence-electron chi connectivity index (χ4n) is 3.09. The molecule has 1 saturated carbocycles. The molecule has 0 amide bonds. The first kappa shape index (κ1) is 13.3. The highest BCUT2D eigenvalue weighted by molar-refractivity contribution is 5.79. The average molecular weight is 274 g/mol. The summed E-state index contributed by atoms with van der Waals surface area (Å²) in [5.41, 5.74) is 1.38. The van der Waals surface area contributed by atoms with Crippen LogP contribution in [0.2, 0.25) is 0 Å².